The maximum Gasteiger partial charge on any atom is 0.226 e. The minimum Gasteiger partial charge on any atom is -0.371 e. The van der Waals surface area contributed by atoms with Crippen LogP contribution in [-0.2, 0) is 23.1 Å². The molecule has 1 aromatic rings. The molecule has 1 aliphatic heterocycles. The molecule has 25 heavy (non-hydrogen) atoms. The molecule has 142 valence electrons. The zero-order valence-electron chi connectivity index (χ0n) is 16.5. The summed E-state index contributed by atoms with van der Waals surface area (Å²) in [4.78, 5) is 19.5. The van der Waals surface area contributed by atoms with Gasteiger partial charge in [0, 0.05) is 44.5 Å². The van der Waals surface area contributed by atoms with E-state index in [9.17, 15) is 4.79 Å². The van der Waals surface area contributed by atoms with E-state index in [1.807, 2.05) is 24.0 Å². The molecular formula is C19H34N4O2. The number of carbonyl (C=O) groups excluding carboxylic acids is 1. The molecule has 1 unspecified atom stereocenters. The molecule has 0 saturated carbocycles. The van der Waals surface area contributed by atoms with E-state index in [2.05, 4.69) is 42.9 Å². The van der Waals surface area contributed by atoms with Crippen molar-refractivity contribution in [1.29, 1.82) is 0 Å². The van der Waals surface area contributed by atoms with E-state index >= 15 is 0 Å². The quantitative estimate of drug-likeness (QED) is 0.782. The average molecular weight is 351 g/mol. The molecule has 0 bridgehead atoms. The second-order valence-corrected chi connectivity index (χ2v) is 7.49. The number of imidazole rings is 1. The van der Waals surface area contributed by atoms with Gasteiger partial charge in [0.15, 0.2) is 0 Å². The van der Waals surface area contributed by atoms with Gasteiger partial charge in [0.2, 0.25) is 5.91 Å². The van der Waals surface area contributed by atoms with Gasteiger partial charge >= 0.3 is 0 Å². The van der Waals surface area contributed by atoms with Gasteiger partial charge in [-0.25, -0.2) is 4.98 Å². The molecule has 1 N–H and O–H groups in total. The first-order valence-electron chi connectivity index (χ1n) is 9.49. The summed E-state index contributed by atoms with van der Waals surface area (Å²) in [6, 6.07) is 0. The van der Waals surface area contributed by atoms with Gasteiger partial charge in [0.25, 0.3) is 0 Å². The standard InChI is InChI=1S/C19H34N4O2/c1-6-19(7-2,8-3)17(24)21-14-18(4)15-23(11-12-25-18)13-16-20-9-10-22(16)5/h9-10H,6-8,11-15H2,1-5H3,(H,21,24). The van der Waals surface area contributed by atoms with Crippen LogP contribution in [-0.4, -0.2) is 52.2 Å². The van der Waals surface area contributed by atoms with Crippen LogP contribution in [0.15, 0.2) is 12.4 Å². The van der Waals surface area contributed by atoms with Crippen LogP contribution in [0, 0.1) is 5.41 Å². The highest BCUT2D eigenvalue weighted by atomic mass is 16.5. The molecular weight excluding hydrogens is 316 g/mol. The van der Waals surface area contributed by atoms with Crippen LogP contribution in [0.2, 0.25) is 0 Å². The number of amides is 1. The number of hydrogen-bond donors (Lipinski definition) is 1. The topological polar surface area (TPSA) is 59.4 Å². The first kappa shape index (κ1) is 19.9. The van der Waals surface area contributed by atoms with Crippen LogP contribution >= 0.6 is 0 Å². The second kappa shape index (κ2) is 8.32. The van der Waals surface area contributed by atoms with Gasteiger partial charge in [-0.15, -0.1) is 0 Å². The summed E-state index contributed by atoms with van der Waals surface area (Å²) in [7, 11) is 2.02. The molecule has 0 aromatic carbocycles. The Hall–Kier alpha value is -1.40. The van der Waals surface area contributed by atoms with Gasteiger partial charge in [-0.2, -0.15) is 0 Å². The SMILES string of the molecule is CCC(CC)(CC)C(=O)NCC1(C)CN(Cc2nccn2C)CCO1. The van der Waals surface area contributed by atoms with E-state index in [-0.39, 0.29) is 16.9 Å². The lowest BCUT2D eigenvalue weighted by molar-refractivity contribution is -0.136. The minimum atomic E-state index is -0.361. The predicted octanol–water partition coefficient (Wildman–Crippen LogP) is 2.34. The number of aryl methyl sites for hydroxylation is 1. The fourth-order valence-electron chi connectivity index (χ4n) is 3.70. The van der Waals surface area contributed by atoms with Crippen LogP contribution in [0.1, 0.15) is 52.8 Å². The van der Waals surface area contributed by atoms with Crippen LogP contribution in [0.25, 0.3) is 0 Å². The Morgan fingerprint density at radius 3 is 2.60 bits per heavy atom. The molecule has 2 heterocycles. The third-order valence-electron chi connectivity index (χ3n) is 5.84. The van der Waals surface area contributed by atoms with E-state index in [0.29, 0.717) is 13.2 Å². The Labute approximate surface area is 151 Å². The molecule has 1 fully saturated rings. The fraction of sp³-hybridized carbons (Fsp3) is 0.789. The average Bonchev–Trinajstić information content (AvgIpc) is 3.00. The summed E-state index contributed by atoms with van der Waals surface area (Å²) in [5.74, 6) is 1.21. The third kappa shape index (κ3) is 4.61. The molecule has 1 atom stereocenters. The van der Waals surface area contributed by atoms with Crippen LogP contribution in [0.4, 0.5) is 0 Å². The van der Waals surface area contributed by atoms with Gasteiger partial charge in [0.1, 0.15) is 5.82 Å². The zero-order valence-corrected chi connectivity index (χ0v) is 16.5. The molecule has 1 aliphatic rings. The number of aromatic nitrogens is 2. The van der Waals surface area contributed by atoms with Crippen LogP contribution in [0.3, 0.4) is 0 Å². The lowest BCUT2D eigenvalue weighted by Gasteiger charge is -2.41. The summed E-state index contributed by atoms with van der Waals surface area (Å²) in [5, 5.41) is 3.17. The highest BCUT2D eigenvalue weighted by Gasteiger charge is 2.37. The second-order valence-electron chi connectivity index (χ2n) is 7.49. The molecule has 6 nitrogen and oxygen atoms in total. The lowest BCUT2D eigenvalue weighted by Crippen LogP contribution is -2.56. The fourth-order valence-corrected chi connectivity index (χ4v) is 3.70. The highest BCUT2D eigenvalue weighted by molar-refractivity contribution is 5.82. The Morgan fingerprint density at radius 2 is 2.04 bits per heavy atom. The molecule has 6 heteroatoms. The number of nitrogens with one attached hydrogen (secondary N) is 1. The van der Waals surface area contributed by atoms with Gasteiger partial charge in [-0.3, -0.25) is 9.69 Å². The molecule has 1 saturated heterocycles. The van der Waals surface area contributed by atoms with Crippen molar-refractivity contribution in [3.05, 3.63) is 18.2 Å². The van der Waals surface area contributed by atoms with Gasteiger partial charge < -0.3 is 14.6 Å². The van der Waals surface area contributed by atoms with E-state index in [1.54, 1.807) is 0 Å². The van der Waals surface area contributed by atoms with Gasteiger partial charge in [0.05, 0.1) is 18.8 Å². The first-order valence-corrected chi connectivity index (χ1v) is 9.49. The molecule has 0 radical (unpaired) electrons. The van der Waals surface area contributed by atoms with Crippen molar-refractivity contribution in [2.24, 2.45) is 12.5 Å². The normalized spacial score (nSPS) is 22.1. The van der Waals surface area contributed by atoms with Crippen LogP contribution < -0.4 is 5.32 Å². The van der Waals surface area contributed by atoms with E-state index < -0.39 is 0 Å². The maximum absolute atomic E-state index is 12.7. The number of carbonyl (C=O) groups is 1. The Morgan fingerprint density at radius 1 is 1.36 bits per heavy atom. The van der Waals surface area contributed by atoms with Crippen molar-refractivity contribution < 1.29 is 9.53 Å². The van der Waals surface area contributed by atoms with Gasteiger partial charge in [-0.05, 0) is 26.2 Å². The monoisotopic (exact) mass is 350 g/mol. The Balaban J connectivity index is 1.94. The van der Waals surface area contributed by atoms with Crippen molar-refractivity contribution in [2.75, 3.05) is 26.2 Å². The largest absolute Gasteiger partial charge is 0.371 e. The molecule has 2 rings (SSSR count). The Kier molecular flexibility index (Phi) is 6.63. The number of hydrogen-bond acceptors (Lipinski definition) is 4. The molecule has 0 aliphatic carbocycles. The summed E-state index contributed by atoms with van der Waals surface area (Å²) < 4.78 is 8.07. The summed E-state index contributed by atoms with van der Waals surface area (Å²) in [5.41, 5.74) is -0.613. The van der Waals surface area contributed by atoms with E-state index in [4.69, 9.17) is 4.74 Å². The number of ether oxygens (including phenoxy) is 1. The zero-order chi connectivity index (χ0) is 18.5. The summed E-state index contributed by atoms with van der Waals surface area (Å²) in [6.07, 6.45) is 6.40. The third-order valence-corrected chi connectivity index (χ3v) is 5.84. The molecule has 0 spiro atoms. The van der Waals surface area contributed by atoms with E-state index in [1.165, 1.54) is 0 Å². The van der Waals surface area contributed by atoms with Crippen molar-refractivity contribution in [3.63, 3.8) is 0 Å². The number of morpholine rings is 1. The minimum absolute atomic E-state index is 0.158. The lowest BCUT2D eigenvalue weighted by atomic mass is 9.79. The van der Waals surface area contributed by atoms with Crippen LogP contribution in [0.5, 0.6) is 0 Å². The molecule has 1 aromatic heterocycles. The first-order chi connectivity index (χ1) is 11.9. The highest BCUT2D eigenvalue weighted by Crippen LogP contribution is 2.30. The molecule has 1 amide bonds. The Bertz CT molecular complexity index is 559. The van der Waals surface area contributed by atoms with Crippen molar-refractivity contribution in [1.82, 2.24) is 19.8 Å². The predicted molar refractivity (Wildman–Crippen MR) is 99.2 cm³/mol. The summed E-state index contributed by atoms with van der Waals surface area (Å²) >= 11 is 0. The van der Waals surface area contributed by atoms with Gasteiger partial charge in [-0.1, -0.05) is 20.8 Å². The van der Waals surface area contributed by atoms with E-state index in [0.717, 1.165) is 44.7 Å². The number of nitrogens with zero attached hydrogens (tertiary/aromatic N) is 3. The van der Waals surface area contributed by atoms with Crippen molar-refractivity contribution in [2.45, 2.75) is 59.1 Å². The maximum atomic E-state index is 12.7. The van der Waals surface area contributed by atoms with Crippen molar-refractivity contribution in [3.8, 4) is 0 Å². The smallest absolute Gasteiger partial charge is 0.226 e. The summed E-state index contributed by atoms with van der Waals surface area (Å²) in [6.45, 7) is 12.1. The van der Waals surface area contributed by atoms with Crippen molar-refractivity contribution >= 4 is 5.91 Å². The number of rotatable bonds is 8.